The molecule has 6 aromatic rings. The maximum atomic E-state index is 14.0. The number of furan rings is 1. The van der Waals surface area contributed by atoms with Crippen LogP contribution < -0.4 is 20.9 Å². The maximum Gasteiger partial charge on any atom is 0.573 e. The van der Waals surface area contributed by atoms with Gasteiger partial charge in [0.05, 0.1) is 12.7 Å². The predicted molar refractivity (Wildman–Crippen MR) is 191 cm³/mol. The van der Waals surface area contributed by atoms with Crippen molar-refractivity contribution in [3.8, 4) is 17.1 Å². The smallest absolute Gasteiger partial charge is 0.456 e. The number of hydrogen-bond acceptors (Lipinski definition) is 7. The van der Waals surface area contributed by atoms with Crippen LogP contribution in [0.25, 0.3) is 39.4 Å². The number of ether oxygens (including phenoxy) is 1. The van der Waals surface area contributed by atoms with Gasteiger partial charge in [-0.05, 0) is 78.6 Å². The van der Waals surface area contributed by atoms with E-state index in [1.54, 1.807) is 6.20 Å². The Labute approximate surface area is 287 Å². The van der Waals surface area contributed by atoms with Crippen LogP contribution in [0.15, 0.2) is 118 Å². The standard InChI is InChI=1S/C39H36F3N5O3/c1-4-7-28-16-17-43-22-30(28)18-25(2)20-44-26(3)24-47-37(29-11-13-31(14-12-29)50-39(40,41)42)46-23-34(38(47)48)45-21-27-10-15-36-33(19-27)32-8-5-6-9-35(32)49-36/h5-6,8-19,22-23,44-45H,3-4,7,20-21,24H2,1-2H3/b25-18+. The molecule has 0 aliphatic heterocycles. The Kier molecular flexibility index (Phi) is 10.0. The molecule has 11 heteroatoms. The van der Waals surface area contributed by atoms with Gasteiger partial charge in [0.25, 0.3) is 5.56 Å². The van der Waals surface area contributed by atoms with Crippen LogP contribution >= 0.6 is 0 Å². The van der Waals surface area contributed by atoms with Crippen LogP contribution in [-0.2, 0) is 19.5 Å². The third kappa shape index (κ3) is 8.06. The fourth-order valence-corrected chi connectivity index (χ4v) is 5.77. The Morgan fingerprint density at radius 1 is 1.02 bits per heavy atom. The van der Waals surface area contributed by atoms with Gasteiger partial charge in [-0.2, -0.15) is 0 Å². The Morgan fingerprint density at radius 2 is 1.80 bits per heavy atom. The summed E-state index contributed by atoms with van der Waals surface area (Å²) < 4.78 is 49.8. The second-order valence-electron chi connectivity index (χ2n) is 12.0. The van der Waals surface area contributed by atoms with Crippen molar-refractivity contribution in [3.63, 3.8) is 0 Å². The van der Waals surface area contributed by atoms with Crippen LogP contribution in [0.3, 0.4) is 0 Å². The summed E-state index contributed by atoms with van der Waals surface area (Å²) in [6.45, 7) is 9.18. The van der Waals surface area contributed by atoms with E-state index in [-0.39, 0.29) is 29.4 Å². The molecule has 0 radical (unpaired) electrons. The van der Waals surface area contributed by atoms with Crippen molar-refractivity contribution >= 4 is 33.7 Å². The molecule has 0 fully saturated rings. The van der Waals surface area contributed by atoms with Crippen molar-refractivity contribution in [2.75, 3.05) is 11.9 Å². The summed E-state index contributed by atoms with van der Waals surface area (Å²) >= 11 is 0. The monoisotopic (exact) mass is 679 g/mol. The Balaban J connectivity index is 1.24. The number of fused-ring (bicyclic) bond motifs is 3. The number of rotatable bonds is 13. The molecule has 0 aliphatic rings. The molecular weight excluding hydrogens is 643 g/mol. The molecule has 3 heterocycles. The summed E-state index contributed by atoms with van der Waals surface area (Å²) in [5.74, 6) is -0.111. The van der Waals surface area contributed by atoms with Gasteiger partial charge in [0.1, 0.15) is 28.4 Å². The van der Waals surface area contributed by atoms with Crippen molar-refractivity contribution in [3.05, 3.63) is 136 Å². The van der Waals surface area contributed by atoms with Gasteiger partial charge in [0.2, 0.25) is 0 Å². The summed E-state index contributed by atoms with van der Waals surface area (Å²) in [7, 11) is 0. The van der Waals surface area contributed by atoms with Crippen LogP contribution in [-0.4, -0.2) is 27.4 Å². The second kappa shape index (κ2) is 14.7. The molecule has 0 spiro atoms. The largest absolute Gasteiger partial charge is 0.573 e. The van der Waals surface area contributed by atoms with Gasteiger partial charge in [-0.25, -0.2) is 4.98 Å². The SMILES string of the molecule is C=C(Cn1c(-c2ccc(OC(F)(F)F)cc2)ncc(NCc2ccc3oc4ccccc4c3c2)c1=O)NC/C(C)=C/c1cnccc1CCC. The zero-order valence-corrected chi connectivity index (χ0v) is 27.7. The van der Waals surface area contributed by atoms with E-state index in [4.69, 9.17) is 4.42 Å². The van der Waals surface area contributed by atoms with Crippen LogP contribution in [0.2, 0.25) is 0 Å². The number of aryl methyl sites for hydroxylation is 1. The molecule has 0 atom stereocenters. The molecule has 6 rings (SSSR count). The molecule has 3 aromatic heterocycles. The number of nitrogens with zero attached hydrogens (tertiary/aromatic N) is 3. The fourth-order valence-electron chi connectivity index (χ4n) is 5.77. The normalized spacial score (nSPS) is 12.0. The minimum absolute atomic E-state index is 0.0612. The highest BCUT2D eigenvalue weighted by molar-refractivity contribution is 6.05. The average molecular weight is 680 g/mol. The van der Waals surface area contributed by atoms with Gasteiger partial charge in [0.15, 0.2) is 0 Å². The molecule has 0 saturated heterocycles. The maximum absolute atomic E-state index is 14.0. The third-order valence-corrected chi connectivity index (χ3v) is 8.15. The zero-order valence-electron chi connectivity index (χ0n) is 27.7. The van der Waals surface area contributed by atoms with Gasteiger partial charge >= 0.3 is 6.36 Å². The number of alkyl halides is 3. The summed E-state index contributed by atoms with van der Waals surface area (Å²) in [5.41, 5.74) is 6.69. The van der Waals surface area contributed by atoms with E-state index >= 15 is 0 Å². The third-order valence-electron chi connectivity index (χ3n) is 8.15. The molecule has 3 aromatic carbocycles. The van der Waals surface area contributed by atoms with Gasteiger partial charge in [-0.15, -0.1) is 13.2 Å². The highest BCUT2D eigenvalue weighted by Crippen LogP contribution is 2.30. The molecule has 50 heavy (non-hydrogen) atoms. The van der Waals surface area contributed by atoms with Crippen LogP contribution in [0, 0.1) is 0 Å². The highest BCUT2D eigenvalue weighted by Gasteiger charge is 2.31. The molecule has 0 aliphatic carbocycles. The van der Waals surface area contributed by atoms with E-state index < -0.39 is 6.36 Å². The van der Waals surface area contributed by atoms with E-state index in [2.05, 4.69) is 44.9 Å². The van der Waals surface area contributed by atoms with Crippen molar-refractivity contribution in [2.45, 2.75) is 46.1 Å². The first-order valence-electron chi connectivity index (χ1n) is 16.2. The Morgan fingerprint density at radius 3 is 2.58 bits per heavy atom. The molecule has 2 N–H and O–H groups in total. The topological polar surface area (TPSA) is 94.2 Å². The van der Waals surface area contributed by atoms with E-state index in [1.165, 1.54) is 40.6 Å². The lowest BCUT2D eigenvalue weighted by molar-refractivity contribution is -0.274. The first-order chi connectivity index (χ1) is 24.1. The van der Waals surface area contributed by atoms with Crippen molar-refractivity contribution in [1.82, 2.24) is 19.9 Å². The number of para-hydroxylation sites is 1. The van der Waals surface area contributed by atoms with Gasteiger partial charge in [-0.3, -0.25) is 14.3 Å². The minimum Gasteiger partial charge on any atom is -0.456 e. The minimum atomic E-state index is -4.82. The summed E-state index contributed by atoms with van der Waals surface area (Å²) in [5, 5.41) is 8.50. The number of pyridine rings is 1. The quantitative estimate of drug-likeness (QED) is 0.126. The number of aromatic nitrogens is 3. The number of benzene rings is 3. The molecule has 0 bridgehead atoms. The number of allylic oxidation sites excluding steroid dienone is 1. The Bertz CT molecular complexity index is 2240. The lowest BCUT2D eigenvalue weighted by Crippen LogP contribution is -2.29. The predicted octanol–water partition coefficient (Wildman–Crippen LogP) is 8.87. The van der Waals surface area contributed by atoms with E-state index in [0.717, 1.165) is 51.5 Å². The van der Waals surface area contributed by atoms with Gasteiger partial charge in [0, 0.05) is 47.5 Å². The number of hydrogen-bond donors (Lipinski definition) is 2. The van der Waals surface area contributed by atoms with Crippen molar-refractivity contribution in [2.24, 2.45) is 0 Å². The number of anilines is 1. The van der Waals surface area contributed by atoms with E-state index in [9.17, 15) is 18.0 Å². The van der Waals surface area contributed by atoms with Crippen LogP contribution in [0.1, 0.15) is 37.0 Å². The second-order valence-corrected chi connectivity index (χ2v) is 12.0. The number of halogens is 3. The Hall–Kier alpha value is -5.84. The molecule has 256 valence electrons. The highest BCUT2D eigenvalue weighted by atomic mass is 19.4. The molecular formula is C39H36F3N5O3. The fraction of sp³-hybridized carbons (Fsp3) is 0.205. The first-order valence-corrected chi connectivity index (χ1v) is 16.2. The first kappa shape index (κ1) is 34.0. The zero-order chi connectivity index (χ0) is 35.3. The van der Waals surface area contributed by atoms with Gasteiger partial charge < -0.3 is 19.8 Å². The number of nitrogens with one attached hydrogen (secondary N) is 2. The molecule has 0 saturated carbocycles. The van der Waals surface area contributed by atoms with E-state index in [0.29, 0.717) is 24.4 Å². The van der Waals surface area contributed by atoms with Crippen molar-refractivity contribution < 1.29 is 22.3 Å². The summed E-state index contributed by atoms with van der Waals surface area (Å²) in [4.78, 5) is 22.8. The molecule has 0 amide bonds. The van der Waals surface area contributed by atoms with Crippen LogP contribution in [0.5, 0.6) is 5.75 Å². The molecule has 0 unspecified atom stereocenters. The summed E-state index contributed by atoms with van der Waals surface area (Å²) in [6, 6.07) is 20.9. The van der Waals surface area contributed by atoms with Crippen LogP contribution in [0.4, 0.5) is 18.9 Å². The summed E-state index contributed by atoms with van der Waals surface area (Å²) in [6.07, 6.45) is 4.30. The van der Waals surface area contributed by atoms with Gasteiger partial charge in [-0.1, -0.05) is 55.8 Å². The molecule has 8 nitrogen and oxygen atoms in total. The lowest BCUT2D eigenvalue weighted by Gasteiger charge is -2.17. The average Bonchev–Trinajstić information content (AvgIpc) is 3.46. The lowest BCUT2D eigenvalue weighted by atomic mass is 10.0. The van der Waals surface area contributed by atoms with E-state index in [1.807, 2.05) is 61.7 Å². The van der Waals surface area contributed by atoms with Crippen molar-refractivity contribution in [1.29, 1.82) is 0 Å².